The molecule has 3 nitrogen and oxygen atoms in total. The Morgan fingerprint density at radius 3 is 3.00 bits per heavy atom. The molecule has 1 aliphatic heterocycles. The van der Waals surface area contributed by atoms with Gasteiger partial charge in [-0.15, -0.1) is 0 Å². The van der Waals surface area contributed by atoms with Gasteiger partial charge in [0, 0.05) is 5.56 Å². The Labute approximate surface area is 85.9 Å². The molecule has 0 amide bonds. The van der Waals surface area contributed by atoms with Crippen molar-refractivity contribution in [3.05, 3.63) is 36.1 Å². The molecule has 0 saturated carbocycles. The molecular formula is C10H7ClO3. The topological polar surface area (TPSA) is 35.5 Å². The number of halogens is 1. The van der Waals surface area contributed by atoms with E-state index in [9.17, 15) is 4.79 Å². The molecule has 0 N–H and O–H groups in total. The Hall–Kier alpha value is -1.48. The van der Waals surface area contributed by atoms with Crippen molar-refractivity contribution in [2.45, 2.75) is 0 Å². The third-order valence-corrected chi connectivity index (χ3v) is 2.02. The Morgan fingerprint density at radius 2 is 2.21 bits per heavy atom. The van der Waals surface area contributed by atoms with Gasteiger partial charge in [-0.25, -0.2) is 0 Å². The van der Waals surface area contributed by atoms with E-state index in [1.807, 2.05) is 0 Å². The number of fused-ring (bicyclic) bond motifs is 1. The molecule has 1 heterocycles. The summed E-state index contributed by atoms with van der Waals surface area (Å²) in [6, 6.07) is 4.82. The molecule has 0 spiro atoms. The molecule has 14 heavy (non-hydrogen) atoms. The van der Waals surface area contributed by atoms with E-state index in [4.69, 9.17) is 21.1 Å². The van der Waals surface area contributed by atoms with Crippen LogP contribution in [0.15, 0.2) is 30.5 Å². The summed E-state index contributed by atoms with van der Waals surface area (Å²) in [5.74, 6) is 1.11. The second-order valence-electron chi connectivity index (χ2n) is 2.74. The van der Waals surface area contributed by atoms with Gasteiger partial charge in [-0.2, -0.15) is 0 Å². The van der Waals surface area contributed by atoms with Crippen LogP contribution >= 0.6 is 11.6 Å². The first kappa shape index (κ1) is 9.09. The highest BCUT2D eigenvalue weighted by molar-refractivity contribution is 6.67. The molecule has 2 rings (SSSR count). The fraction of sp³-hybridized carbons (Fsp3) is 0.100. The van der Waals surface area contributed by atoms with Crippen molar-refractivity contribution in [3.63, 3.8) is 0 Å². The fourth-order valence-electron chi connectivity index (χ4n) is 1.14. The van der Waals surface area contributed by atoms with Crippen LogP contribution in [-0.2, 0) is 0 Å². The van der Waals surface area contributed by atoms with Crippen LogP contribution in [0.25, 0.3) is 0 Å². The molecule has 0 radical (unpaired) electrons. The van der Waals surface area contributed by atoms with Crippen LogP contribution in [0.5, 0.6) is 11.5 Å². The van der Waals surface area contributed by atoms with Crippen molar-refractivity contribution in [3.8, 4) is 11.5 Å². The van der Waals surface area contributed by atoms with E-state index in [2.05, 4.69) is 0 Å². The molecule has 72 valence electrons. The lowest BCUT2D eigenvalue weighted by Gasteiger charge is -2.06. The summed E-state index contributed by atoms with van der Waals surface area (Å²) in [6.07, 6.45) is 3.26. The van der Waals surface area contributed by atoms with Gasteiger partial charge in [-0.05, 0) is 35.9 Å². The van der Waals surface area contributed by atoms with Crippen LogP contribution in [0.3, 0.4) is 0 Å². The summed E-state index contributed by atoms with van der Waals surface area (Å²) in [6.45, 7) is 0.459. The number of benzene rings is 1. The van der Waals surface area contributed by atoms with Gasteiger partial charge in [0.05, 0.1) is 6.26 Å². The maximum atomic E-state index is 10.9. The lowest BCUT2D eigenvalue weighted by atomic mass is 10.2. The van der Waals surface area contributed by atoms with Gasteiger partial charge in [0.1, 0.15) is 6.61 Å². The summed E-state index contributed by atoms with van der Waals surface area (Å²) in [5, 5.41) is -0.510. The van der Waals surface area contributed by atoms with Gasteiger partial charge >= 0.3 is 0 Å². The first-order valence-corrected chi connectivity index (χ1v) is 4.43. The molecule has 0 fully saturated rings. The van der Waals surface area contributed by atoms with Crippen LogP contribution in [0, 0.1) is 0 Å². The van der Waals surface area contributed by atoms with Gasteiger partial charge < -0.3 is 9.47 Å². The quantitative estimate of drug-likeness (QED) is 0.668. The SMILES string of the molecule is O=C(Cl)c1ccc2c(c1)OC=CCO2. The zero-order valence-corrected chi connectivity index (χ0v) is 7.95. The molecule has 0 atom stereocenters. The highest BCUT2D eigenvalue weighted by Crippen LogP contribution is 2.30. The van der Waals surface area contributed by atoms with E-state index in [-0.39, 0.29) is 0 Å². The Kier molecular flexibility index (Phi) is 2.41. The van der Waals surface area contributed by atoms with Gasteiger partial charge in [-0.3, -0.25) is 4.79 Å². The Balaban J connectivity index is 2.41. The van der Waals surface area contributed by atoms with Crippen molar-refractivity contribution in [2.75, 3.05) is 6.61 Å². The second-order valence-corrected chi connectivity index (χ2v) is 3.08. The summed E-state index contributed by atoms with van der Waals surface area (Å²) < 4.78 is 10.5. The summed E-state index contributed by atoms with van der Waals surface area (Å²) >= 11 is 5.33. The number of carbonyl (C=O) groups is 1. The molecular weight excluding hydrogens is 204 g/mol. The van der Waals surface area contributed by atoms with Crippen molar-refractivity contribution in [2.24, 2.45) is 0 Å². The molecule has 4 heteroatoms. The monoisotopic (exact) mass is 210 g/mol. The highest BCUT2D eigenvalue weighted by Gasteiger charge is 2.10. The number of hydrogen-bond acceptors (Lipinski definition) is 3. The lowest BCUT2D eigenvalue weighted by Crippen LogP contribution is -1.94. The second kappa shape index (κ2) is 3.72. The van der Waals surface area contributed by atoms with Crippen LogP contribution in [0.2, 0.25) is 0 Å². The molecule has 1 aliphatic rings. The third kappa shape index (κ3) is 1.72. The molecule has 0 aliphatic carbocycles. The Morgan fingerprint density at radius 1 is 1.36 bits per heavy atom. The van der Waals surface area contributed by atoms with Crippen LogP contribution in [0.1, 0.15) is 10.4 Å². The van der Waals surface area contributed by atoms with E-state index in [1.54, 1.807) is 24.3 Å². The zero-order chi connectivity index (χ0) is 9.97. The first-order valence-electron chi connectivity index (χ1n) is 4.06. The predicted octanol–water partition coefficient (Wildman–Crippen LogP) is 2.35. The highest BCUT2D eigenvalue weighted by atomic mass is 35.5. The average molecular weight is 211 g/mol. The smallest absolute Gasteiger partial charge is 0.252 e. The van der Waals surface area contributed by atoms with E-state index < -0.39 is 5.24 Å². The van der Waals surface area contributed by atoms with Gasteiger partial charge in [0.15, 0.2) is 11.5 Å². The first-order chi connectivity index (χ1) is 6.77. The van der Waals surface area contributed by atoms with Crippen LogP contribution < -0.4 is 9.47 Å². The Bertz CT molecular complexity index is 398. The molecule has 1 aromatic carbocycles. The van der Waals surface area contributed by atoms with E-state index >= 15 is 0 Å². The van der Waals surface area contributed by atoms with Gasteiger partial charge in [0.2, 0.25) is 0 Å². The lowest BCUT2D eigenvalue weighted by molar-refractivity contribution is 0.108. The van der Waals surface area contributed by atoms with E-state index in [0.29, 0.717) is 23.7 Å². The minimum Gasteiger partial charge on any atom is -0.485 e. The molecule has 0 unspecified atom stereocenters. The van der Waals surface area contributed by atoms with E-state index in [0.717, 1.165) is 0 Å². The van der Waals surface area contributed by atoms with Crippen molar-refractivity contribution >= 4 is 16.8 Å². The summed E-state index contributed by atoms with van der Waals surface area (Å²) in [7, 11) is 0. The normalized spacial score (nSPS) is 13.5. The predicted molar refractivity (Wildman–Crippen MR) is 51.9 cm³/mol. The van der Waals surface area contributed by atoms with Crippen molar-refractivity contribution in [1.82, 2.24) is 0 Å². The van der Waals surface area contributed by atoms with Gasteiger partial charge in [0.25, 0.3) is 5.24 Å². The maximum absolute atomic E-state index is 10.9. The minimum atomic E-state index is -0.510. The average Bonchev–Trinajstić information content (AvgIpc) is 2.41. The zero-order valence-electron chi connectivity index (χ0n) is 7.20. The maximum Gasteiger partial charge on any atom is 0.252 e. The number of ether oxygens (including phenoxy) is 2. The number of rotatable bonds is 1. The molecule has 0 aromatic heterocycles. The van der Waals surface area contributed by atoms with E-state index in [1.165, 1.54) is 6.26 Å². The standard InChI is InChI=1S/C10H7ClO3/c11-10(12)7-2-3-8-9(6-7)14-5-1-4-13-8/h1-3,5-6H,4H2. The summed E-state index contributed by atoms with van der Waals surface area (Å²) in [4.78, 5) is 10.9. The largest absolute Gasteiger partial charge is 0.485 e. The number of hydrogen-bond donors (Lipinski definition) is 0. The van der Waals surface area contributed by atoms with Crippen LogP contribution in [0.4, 0.5) is 0 Å². The minimum absolute atomic E-state index is 0.393. The van der Waals surface area contributed by atoms with Crippen LogP contribution in [-0.4, -0.2) is 11.8 Å². The molecule has 1 aromatic rings. The fourth-order valence-corrected chi connectivity index (χ4v) is 1.26. The number of carbonyl (C=O) groups excluding carboxylic acids is 1. The summed E-state index contributed by atoms with van der Waals surface area (Å²) in [5.41, 5.74) is 0.393. The van der Waals surface area contributed by atoms with Gasteiger partial charge in [-0.1, -0.05) is 0 Å². The van der Waals surface area contributed by atoms with Crippen molar-refractivity contribution in [1.29, 1.82) is 0 Å². The van der Waals surface area contributed by atoms with Crippen molar-refractivity contribution < 1.29 is 14.3 Å². The third-order valence-electron chi connectivity index (χ3n) is 1.80. The molecule has 0 saturated heterocycles. The molecule has 0 bridgehead atoms.